The lowest BCUT2D eigenvalue weighted by atomic mass is 10.0. The first-order valence-corrected chi connectivity index (χ1v) is 7.92. The molecule has 0 radical (unpaired) electrons. The van der Waals surface area contributed by atoms with E-state index in [0.717, 1.165) is 31.8 Å². The van der Waals surface area contributed by atoms with Crippen molar-refractivity contribution in [3.63, 3.8) is 0 Å². The molecule has 2 aliphatic rings. The molecule has 1 unspecified atom stereocenters. The number of amidine groups is 1. The number of nitrogens with zero attached hydrogens (tertiary/aromatic N) is 2. The molecule has 0 aliphatic carbocycles. The molecule has 0 spiro atoms. The van der Waals surface area contributed by atoms with Crippen LogP contribution in [0.1, 0.15) is 24.6 Å². The normalized spacial score (nSPS) is 20.3. The number of aliphatic imine (C=N–C) groups is 1. The lowest BCUT2D eigenvalue weighted by molar-refractivity contribution is -0.808. The Morgan fingerprint density at radius 1 is 1.38 bits per heavy atom. The van der Waals surface area contributed by atoms with Crippen molar-refractivity contribution in [2.45, 2.75) is 26.3 Å². The Balaban J connectivity index is 1.94. The highest BCUT2D eigenvalue weighted by Gasteiger charge is 2.34. The first-order chi connectivity index (χ1) is 10.3. The average molecular weight is 284 g/mol. The Bertz CT molecular complexity index is 729. The minimum absolute atomic E-state index is 0.922. The molecule has 1 aromatic carbocycles. The largest absolute Gasteiger partial charge is 0.497 e. The molecule has 1 atom stereocenters. The number of quaternary nitrogens is 1. The molecule has 21 heavy (non-hydrogen) atoms. The summed E-state index contributed by atoms with van der Waals surface area (Å²) in [7, 11) is 1.74. The average Bonchev–Trinajstić information content (AvgIpc) is 2.85. The monoisotopic (exact) mass is 284 g/mol. The third kappa shape index (κ3) is 1.82. The fraction of sp³-hybridized carbons (Fsp3) is 0.471. The van der Waals surface area contributed by atoms with Crippen molar-refractivity contribution in [2.24, 2.45) is 4.99 Å². The Hall–Kier alpha value is -1.81. The van der Waals surface area contributed by atoms with Crippen molar-refractivity contribution >= 4 is 16.7 Å². The van der Waals surface area contributed by atoms with Gasteiger partial charge in [0.05, 0.1) is 20.2 Å². The van der Waals surface area contributed by atoms with Crippen LogP contribution in [0, 0.1) is 0 Å². The maximum absolute atomic E-state index is 5.41. The van der Waals surface area contributed by atoms with Crippen molar-refractivity contribution in [1.29, 1.82) is 0 Å². The third-order valence-corrected chi connectivity index (χ3v) is 4.76. The van der Waals surface area contributed by atoms with E-state index in [1.165, 1.54) is 41.0 Å². The van der Waals surface area contributed by atoms with Gasteiger partial charge in [-0.1, -0.05) is 6.92 Å². The van der Waals surface area contributed by atoms with Gasteiger partial charge in [-0.05, 0) is 36.6 Å². The van der Waals surface area contributed by atoms with Crippen LogP contribution in [0.3, 0.4) is 0 Å². The molecule has 0 saturated heterocycles. The zero-order chi connectivity index (χ0) is 14.4. The van der Waals surface area contributed by atoms with Gasteiger partial charge >= 0.3 is 0 Å². The van der Waals surface area contributed by atoms with Crippen LogP contribution in [0.4, 0.5) is 0 Å². The van der Waals surface area contributed by atoms with Crippen LogP contribution < -0.4 is 9.64 Å². The summed E-state index contributed by atoms with van der Waals surface area (Å²) >= 11 is 0. The van der Waals surface area contributed by atoms with Gasteiger partial charge in [-0.25, -0.2) is 4.99 Å². The summed E-state index contributed by atoms with van der Waals surface area (Å²) in [6, 6.07) is 6.46. The second-order valence-corrected chi connectivity index (χ2v) is 5.95. The molecule has 0 amide bonds. The second kappa shape index (κ2) is 4.88. The van der Waals surface area contributed by atoms with Crippen LogP contribution in [0.15, 0.2) is 23.2 Å². The number of methoxy groups -OCH3 is 1. The van der Waals surface area contributed by atoms with Gasteiger partial charge in [-0.3, -0.25) is 4.90 Å². The number of hydrogen-bond donors (Lipinski definition) is 1. The number of ether oxygens (including phenoxy) is 1. The van der Waals surface area contributed by atoms with E-state index in [-0.39, 0.29) is 0 Å². The lowest BCUT2D eigenvalue weighted by Crippen LogP contribution is -3.16. The molecule has 110 valence electrons. The zero-order valence-electron chi connectivity index (χ0n) is 12.8. The molecule has 4 heteroatoms. The highest BCUT2D eigenvalue weighted by atomic mass is 16.5. The Morgan fingerprint density at radius 2 is 2.29 bits per heavy atom. The maximum Gasteiger partial charge on any atom is 0.245 e. The van der Waals surface area contributed by atoms with Crippen LogP contribution in [0.5, 0.6) is 5.75 Å². The number of aromatic nitrogens is 1. The van der Waals surface area contributed by atoms with Crippen molar-refractivity contribution in [1.82, 2.24) is 4.57 Å². The predicted octanol–water partition coefficient (Wildman–Crippen LogP) is 1.26. The lowest BCUT2D eigenvalue weighted by Gasteiger charge is -2.28. The Morgan fingerprint density at radius 3 is 3.10 bits per heavy atom. The zero-order valence-corrected chi connectivity index (χ0v) is 12.8. The first kappa shape index (κ1) is 12.9. The molecule has 4 nitrogen and oxygen atoms in total. The topological polar surface area (TPSA) is 31.0 Å². The van der Waals surface area contributed by atoms with E-state index in [1.54, 1.807) is 12.0 Å². The van der Waals surface area contributed by atoms with Crippen LogP contribution in [0.2, 0.25) is 0 Å². The van der Waals surface area contributed by atoms with E-state index in [2.05, 4.69) is 29.7 Å². The highest BCUT2D eigenvalue weighted by Crippen LogP contribution is 2.32. The molecular weight excluding hydrogens is 262 g/mol. The first-order valence-electron chi connectivity index (χ1n) is 7.92. The fourth-order valence-electron chi connectivity index (χ4n) is 3.83. The number of fused-ring (bicyclic) bond motifs is 3. The smallest absolute Gasteiger partial charge is 0.245 e. The van der Waals surface area contributed by atoms with Gasteiger partial charge in [0.2, 0.25) is 5.84 Å². The summed E-state index contributed by atoms with van der Waals surface area (Å²) in [5, 5.41) is 1.36. The van der Waals surface area contributed by atoms with Crippen molar-refractivity contribution < 1.29 is 9.64 Å². The number of hydrogen-bond acceptors (Lipinski definition) is 2. The van der Waals surface area contributed by atoms with Crippen molar-refractivity contribution in [3.05, 3.63) is 29.5 Å². The van der Waals surface area contributed by atoms with E-state index in [0.29, 0.717) is 0 Å². The summed E-state index contributed by atoms with van der Waals surface area (Å²) in [4.78, 5) is 6.42. The second-order valence-electron chi connectivity index (χ2n) is 5.95. The van der Waals surface area contributed by atoms with Gasteiger partial charge in [-0.2, -0.15) is 0 Å². The van der Waals surface area contributed by atoms with Gasteiger partial charge in [-0.15, -0.1) is 0 Å². The van der Waals surface area contributed by atoms with Crippen LogP contribution in [-0.2, 0) is 13.0 Å². The molecule has 2 aliphatic heterocycles. The molecule has 1 N–H and O–H groups in total. The van der Waals surface area contributed by atoms with Gasteiger partial charge in [0, 0.05) is 17.4 Å². The maximum atomic E-state index is 5.41. The Kier molecular flexibility index (Phi) is 3.00. The standard InChI is InChI=1S/C17H21N3O/c1-3-8-19-9-10-20-15-5-4-12(21-2)11-14(15)13-6-7-18-17(19)16(13)20/h4-5,11H,3,6-10H2,1-2H3/p+1. The van der Waals surface area contributed by atoms with Crippen molar-refractivity contribution in [2.75, 3.05) is 26.7 Å². The summed E-state index contributed by atoms with van der Waals surface area (Å²) in [5.74, 6) is 2.24. The fourth-order valence-corrected chi connectivity index (χ4v) is 3.83. The molecular formula is C17H22N3O+. The number of nitrogens with one attached hydrogen (secondary N) is 1. The molecule has 2 aromatic rings. The van der Waals surface area contributed by atoms with E-state index >= 15 is 0 Å². The molecule has 1 aromatic heterocycles. The van der Waals surface area contributed by atoms with E-state index in [4.69, 9.17) is 9.73 Å². The third-order valence-electron chi connectivity index (χ3n) is 4.76. The number of benzene rings is 1. The minimum atomic E-state index is 0.922. The highest BCUT2D eigenvalue weighted by molar-refractivity contribution is 6.02. The van der Waals surface area contributed by atoms with Gasteiger partial charge < -0.3 is 9.30 Å². The quantitative estimate of drug-likeness (QED) is 0.904. The van der Waals surface area contributed by atoms with Gasteiger partial charge in [0.15, 0.2) is 0 Å². The predicted molar refractivity (Wildman–Crippen MR) is 84.6 cm³/mol. The Labute approximate surface area is 125 Å². The SMILES string of the molecule is CCC[NH+]1CCn2c3c(c4cc(OC)ccc42)CCN=C31. The molecule has 0 saturated carbocycles. The van der Waals surface area contributed by atoms with Crippen molar-refractivity contribution in [3.8, 4) is 5.75 Å². The molecule has 3 heterocycles. The van der Waals surface area contributed by atoms with E-state index in [9.17, 15) is 0 Å². The summed E-state index contributed by atoms with van der Waals surface area (Å²) in [6.07, 6.45) is 2.26. The summed E-state index contributed by atoms with van der Waals surface area (Å²) in [5.41, 5.74) is 4.20. The molecule has 4 rings (SSSR count). The van der Waals surface area contributed by atoms with E-state index < -0.39 is 0 Å². The van der Waals surface area contributed by atoms with Crippen LogP contribution in [-0.4, -0.2) is 37.1 Å². The molecule has 0 fully saturated rings. The van der Waals surface area contributed by atoms with E-state index in [1.807, 2.05) is 0 Å². The van der Waals surface area contributed by atoms with Gasteiger partial charge in [0.1, 0.15) is 18.0 Å². The van der Waals surface area contributed by atoms with Gasteiger partial charge in [0.25, 0.3) is 0 Å². The number of rotatable bonds is 3. The van der Waals surface area contributed by atoms with Crippen LogP contribution >= 0.6 is 0 Å². The minimum Gasteiger partial charge on any atom is -0.497 e. The summed E-state index contributed by atoms with van der Waals surface area (Å²) < 4.78 is 7.89. The summed E-state index contributed by atoms with van der Waals surface area (Å²) in [6.45, 7) is 6.60. The molecule has 0 bridgehead atoms. The van der Waals surface area contributed by atoms with Crippen LogP contribution in [0.25, 0.3) is 10.9 Å².